The standard InChI is InChI=1S/C11H22O2S/c1-2-3-4-5-6-7-9-14-10-8-11(12)13/h2-10H2,1H3,(H,12,13)/p-1. The Morgan fingerprint density at radius 1 is 1.07 bits per heavy atom. The third-order valence-electron chi connectivity index (χ3n) is 2.09. The highest BCUT2D eigenvalue weighted by molar-refractivity contribution is 7.99. The maximum atomic E-state index is 10.1. The second-order valence-electron chi connectivity index (χ2n) is 3.50. The molecule has 0 saturated heterocycles. The number of carboxylic acid groups (broad SMARTS) is 1. The average molecular weight is 217 g/mol. The van der Waals surface area contributed by atoms with Gasteiger partial charge in [-0.15, -0.1) is 0 Å². The van der Waals surface area contributed by atoms with Crippen molar-refractivity contribution in [3.8, 4) is 0 Å². The Morgan fingerprint density at radius 2 is 1.71 bits per heavy atom. The molecule has 2 nitrogen and oxygen atoms in total. The summed E-state index contributed by atoms with van der Waals surface area (Å²) in [6, 6.07) is 0. The van der Waals surface area contributed by atoms with Gasteiger partial charge >= 0.3 is 0 Å². The lowest BCUT2D eigenvalue weighted by Crippen LogP contribution is -2.22. The Labute approximate surface area is 91.5 Å². The summed E-state index contributed by atoms with van der Waals surface area (Å²) in [5, 5.41) is 10.1. The molecule has 0 aliphatic carbocycles. The van der Waals surface area contributed by atoms with Crippen molar-refractivity contribution >= 4 is 17.7 Å². The summed E-state index contributed by atoms with van der Waals surface area (Å²) < 4.78 is 0. The molecule has 0 aromatic rings. The van der Waals surface area contributed by atoms with Gasteiger partial charge in [-0.3, -0.25) is 0 Å². The molecule has 3 heteroatoms. The molecule has 0 heterocycles. The number of unbranched alkanes of at least 4 members (excludes halogenated alkanes) is 5. The molecule has 0 aromatic carbocycles. The Morgan fingerprint density at radius 3 is 2.36 bits per heavy atom. The van der Waals surface area contributed by atoms with Gasteiger partial charge in [-0.1, -0.05) is 39.0 Å². The molecule has 0 unspecified atom stereocenters. The van der Waals surface area contributed by atoms with Crippen LogP contribution in [0, 0.1) is 0 Å². The molecule has 0 bridgehead atoms. The molecule has 0 N–H and O–H groups in total. The Kier molecular flexibility index (Phi) is 10.8. The van der Waals surface area contributed by atoms with Crippen LogP contribution in [0.4, 0.5) is 0 Å². The van der Waals surface area contributed by atoms with E-state index in [1.54, 1.807) is 11.8 Å². The lowest BCUT2D eigenvalue weighted by Gasteiger charge is -2.02. The molecule has 0 radical (unpaired) electrons. The van der Waals surface area contributed by atoms with Gasteiger partial charge in [-0.05, 0) is 24.3 Å². The molecule has 0 aliphatic heterocycles. The second kappa shape index (κ2) is 10.9. The third-order valence-corrected chi connectivity index (χ3v) is 3.16. The van der Waals surface area contributed by atoms with Crippen LogP contribution in [0.25, 0.3) is 0 Å². The number of aliphatic carboxylic acids is 1. The van der Waals surface area contributed by atoms with Crippen molar-refractivity contribution in [3.63, 3.8) is 0 Å². The fraction of sp³-hybridized carbons (Fsp3) is 0.909. The highest BCUT2D eigenvalue weighted by Gasteiger charge is 1.92. The fourth-order valence-corrected chi connectivity index (χ4v) is 2.17. The molecular formula is C11H21O2S-. The van der Waals surface area contributed by atoms with Crippen LogP contribution >= 0.6 is 11.8 Å². The van der Waals surface area contributed by atoms with Crippen LogP contribution in [-0.2, 0) is 4.79 Å². The van der Waals surface area contributed by atoms with Crippen LogP contribution in [0.15, 0.2) is 0 Å². The first-order valence-electron chi connectivity index (χ1n) is 5.55. The van der Waals surface area contributed by atoms with Gasteiger partial charge in [0.1, 0.15) is 0 Å². The highest BCUT2D eigenvalue weighted by Crippen LogP contribution is 2.10. The van der Waals surface area contributed by atoms with Gasteiger partial charge in [0.05, 0.1) is 0 Å². The van der Waals surface area contributed by atoms with Crippen molar-refractivity contribution in [1.82, 2.24) is 0 Å². The first-order valence-corrected chi connectivity index (χ1v) is 6.70. The largest absolute Gasteiger partial charge is 0.550 e. The Bertz CT molecular complexity index is 137. The minimum absolute atomic E-state index is 0.195. The van der Waals surface area contributed by atoms with E-state index in [1.807, 2.05) is 0 Å². The maximum absolute atomic E-state index is 10.1. The molecule has 0 fully saturated rings. The molecule has 0 aliphatic rings. The van der Waals surface area contributed by atoms with E-state index in [0.29, 0.717) is 5.75 Å². The number of thioether (sulfide) groups is 1. The van der Waals surface area contributed by atoms with Gasteiger partial charge < -0.3 is 9.90 Å². The lowest BCUT2D eigenvalue weighted by molar-refractivity contribution is -0.305. The topological polar surface area (TPSA) is 40.1 Å². The smallest absolute Gasteiger partial charge is 0.0422 e. The fourth-order valence-electron chi connectivity index (χ4n) is 1.24. The molecule has 84 valence electrons. The number of hydrogen-bond acceptors (Lipinski definition) is 3. The second-order valence-corrected chi connectivity index (χ2v) is 4.73. The number of carboxylic acids is 1. The van der Waals surface area contributed by atoms with Crippen molar-refractivity contribution < 1.29 is 9.90 Å². The minimum Gasteiger partial charge on any atom is -0.550 e. The van der Waals surface area contributed by atoms with Crippen LogP contribution in [0.1, 0.15) is 51.9 Å². The van der Waals surface area contributed by atoms with E-state index in [4.69, 9.17) is 0 Å². The zero-order valence-corrected chi connectivity index (χ0v) is 9.91. The van der Waals surface area contributed by atoms with Gasteiger partial charge in [0.15, 0.2) is 0 Å². The van der Waals surface area contributed by atoms with Crippen molar-refractivity contribution in [2.45, 2.75) is 51.9 Å². The zero-order valence-electron chi connectivity index (χ0n) is 9.09. The predicted molar refractivity (Wildman–Crippen MR) is 60.3 cm³/mol. The highest BCUT2D eigenvalue weighted by atomic mass is 32.2. The summed E-state index contributed by atoms with van der Waals surface area (Å²) in [5.74, 6) is 0.872. The summed E-state index contributed by atoms with van der Waals surface area (Å²) in [6.07, 6.45) is 8.02. The van der Waals surface area contributed by atoms with E-state index in [1.165, 1.54) is 38.5 Å². The Balaban J connectivity index is 2.88. The number of rotatable bonds is 10. The van der Waals surface area contributed by atoms with E-state index in [2.05, 4.69) is 6.92 Å². The zero-order chi connectivity index (χ0) is 10.6. The Hall–Kier alpha value is -0.180. The minimum atomic E-state index is -0.930. The summed E-state index contributed by atoms with van der Waals surface area (Å²) in [5.41, 5.74) is 0. The lowest BCUT2D eigenvalue weighted by atomic mass is 10.1. The maximum Gasteiger partial charge on any atom is 0.0422 e. The average Bonchev–Trinajstić information content (AvgIpc) is 2.15. The monoisotopic (exact) mass is 217 g/mol. The first-order chi connectivity index (χ1) is 6.77. The molecule has 0 spiro atoms. The first kappa shape index (κ1) is 13.8. The van der Waals surface area contributed by atoms with Crippen LogP contribution < -0.4 is 5.11 Å². The number of carbonyl (C=O) groups is 1. The van der Waals surface area contributed by atoms with Crippen molar-refractivity contribution in [3.05, 3.63) is 0 Å². The quantitative estimate of drug-likeness (QED) is 0.527. The summed E-state index contributed by atoms with van der Waals surface area (Å²) >= 11 is 1.72. The van der Waals surface area contributed by atoms with Crippen LogP contribution in [0.3, 0.4) is 0 Å². The van der Waals surface area contributed by atoms with E-state index in [-0.39, 0.29) is 6.42 Å². The van der Waals surface area contributed by atoms with E-state index in [0.717, 1.165) is 5.75 Å². The molecule has 0 saturated carbocycles. The van der Waals surface area contributed by atoms with Crippen LogP contribution in [-0.4, -0.2) is 17.5 Å². The van der Waals surface area contributed by atoms with Crippen LogP contribution in [0.2, 0.25) is 0 Å². The van der Waals surface area contributed by atoms with Crippen molar-refractivity contribution in [2.75, 3.05) is 11.5 Å². The van der Waals surface area contributed by atoms with Crippen LogP contribution in [0.5, 0.6) is 0 Å². The van der Waals surface area contributed by atoms with Gasteiger partial charge in [0.25, 0.3) is 0 Å². The molecule has 0 aromatic heterocycles. The summed E-state index contributed by atoms with van der Waals surface area (Å²) in [7, 11) is 0. The SMILES string of the molecule is CCCCCCCCSCCC(=O)[O-]. The normalized spacial score (nSPS) is 10.4. The van der Waals surface area contributed by atoms with Gasteiger partial charge in [-0.2, -0.15) is 11.8 Å². The summed E-state index contributed by atoms with van der Waals surface area (Å²) in [6.45, 7) is 2.22. The molecule has 14 heavy (non-hydrogen) atoms. The van der Waals surface area contributed by atoms with Gasteiger partial charge in [0, 0.05) is 5.97 Å². The number of carbonyl (C=O) groups excluding carboxylic acids is 1. The third kappa shape index (κ3) is 11.8. The molecule has 0 atom stereocenters. The van der Waals surface area contributed by atoms with E-state index < -0.39 is 5.97 Å². The van der Waals surface area contributed by atoms with E-state index >= 15 is 0 Å². The van der Waals surface area contributed by atoms with Crippen molar-refractivity contribution in [1.29, 1.82) is 0 Å². The van der Waals surface area contributed by atoms with Gasteiger partial charge in [-0.25, -0.2) is 0 Å². The van der Waals surface area contributed by atoms with Gasteiger partial charge in [0.2, 0.25) is 0 Å². The number of hydrogen-bond donors (Lipinski definition) is 0. The molecule has 0 rings (SSSR count). The molecular weight excluding hydrogens is 196 g/mol. The predicted octanol–water partition coefficient (Wildman–Crippen LogP) is 2.22. The summed E-state index contributed by atoms with van der Waals surface area (Å²) in [4.78, 5) is 10.1. The molecule has 0 amide bonds. The van der Waals surface area contributed by atoms with Crippen molar-refractivity contribution in [2.24, 2.45) is 0 Å². The van der Waals surface area contributed by atoms with E-state index in [9.17, 15) is 9.90 Å².